The molecule has 0 aromatic heterocycles. The highest BCUT2D eigenvalue weighted by atomic mass is 16.4. The number of carbonyl (C=O) groups is 2. The summed E-state index contributed by atoms with van der Waals surface area (Å²) < 4.78 is 0. The fourth-order valence-electron chi connectivity index (χ4n) is 2.17. The number of hydrogen-bond acceptors (Lipinski definition) is 4. The number of amides is 2. The Balaban J connectivity index is 2.54. The van der Waals surface area contributed by atoms with Crippen LogP contribution >= 0.6 is 0 Å². The van der Waals surface area contributed by atoms with Crippen molar-refractivity contribution in [3.8, 4) is 0 Å². The van der Waals surface area contributed by atoms with Crippen LogP contribution in [0, 0.1) is 0 Å². The number of carboxylic acid groups (broad SMARTS) is 1. The molecule has 3 N–H and O–H groups in total. The average molecular weight is 273 g/mol. The maximum atomic E-state index is 12.0. The van der Waals surface area contributed by atoms with Crippen LogP contribution in [-0.2, 0) is 4.79 Å². The van der Waals surface area contributed by atoms with Crippen molar-refractivity contribution < 1.29 is 19.8 Å². The van der Waals surface area contributed by atoms with Crippen LogP contribution < -0.4 is 5.32 Å². The minimum Gasteiger partial charge on any atom is -0.480 e. The number of carboxylic acids is 1. The Kier molecular flexibility index (Phi) is 5.56. The van der Waals surface area contributed by atoms with Gasteiger partial charge in [0.05, 0.1) is 6.10 Å². The molecule has 7 heteroatoms. The lowest BCUT2D eigenvalue weighted by Gasteiger charge is -2.35. The van der Waals surface area contributed by atoms with Gasteiger partial charge >= 0.3 is 12.0 Å². The van der Waals surface area contributed by atoms with Gasteiger partial charge in [0.2, 0.25) is 0 Å². The largest absolute Gasteiger partial charge is 0.480 e. The zero-order valence-electron chi connectivity index (χ0n) is 11.7. The van der Waals surface area contributed by atoms with Crippen molar-refractivity contribution in [1.82, 2.24) is 15.1 Å². The smallest absolute Gasteiger partial charge is 0.328 e. The van der Waals surface area contributed by atoms with Gasteiger partial charge in [-0.25, -0.2) is 9.59 Å². The van der Waals surface area contributed by atoms with E-state index in [1.54, 1.807) is 7.05 Å². The first-order valence-electron chi connectivity index (χ1n) is 6.45. The van der Waals surface area contributed by atoms with Crippen molar-refractivity contribution in [2.24, 2.45) is 0 Å². The lowest BCUT2D eigenvalue weighted by molar-refractivity contribution is -0.141. The van der Waals surface area contributed by atoms with Crippen LogP contribution in [0.3, 0.4) is 0 Å². The van der Waals surface area contributed by atoms with Gasteiger partial charge in [-0.1, -0.05) is 0 Å². The highest BCUT2D eigenvalue weighted by molar-refractivity contribution is 5.83. The Labute approximate surface area is 113 Å². The molecule has 2 amide bonds. The number of nitrogens with one attached hydrogen (secondary N) is 1. The average Bonchev–Trinajstić information content (AvgIpc) is 2.34. The molecule has 0 saturated carbocycles. The highest BCUT2D eigenvalue weighted by Crippen LogP contribution is 2.14. The molecule has 110 valence electrons. The Morgan fingerprint density at radius 2 is 1.89 bits per heavy atom. The molecule has 1 aliphatic heterocycles. The number of aliphatic hydroxyl groups is 1. The van der Waals surface area contributed by atoms with Gasteiger partial charge < -0.3 is 25.3 Å². The number of rotatable bonds is 4. The van der Waals surface area contributed by atoms with Crippen LogP contribution in [0.4, 0.5) is 4.79 Å². The zero-order valence-corrected chi connectivity index (χ0v) is 11.7. The summed E-state index contributed by atoms with van der Waals surface area (Å²) in [4.78, 5) is 26.6. The van der Waals surface area contributed by atoms with E-state index < -0.39 is 24.1 Å². The monoisotopic (exact) mass is 273 g/mol. The van der Waals surface area contributed by atoms with Gasteiger partial charge in [0.15, 0.2) is 6.04 Å². The third-order valence-corrected chi connectivity index (χ3v) is 3.58. The highest BCUT2D eigenvalue weighted by Gasteiger charge is 2.29. The van der Waals surface area contributed by atoms with Crippen molar-refractivity contribution >= 4 is 12.0 Å². The van der Waals surface area contributed by atoms with E-state index in [2.05, 4.69) is 10.2 Å². The quantitative estimate of drug-likeness (QED) is 0.645. The molecule has 1 aliphatic rings. The van der Waals surface area contributed by atoms with E-state index in [1.807, 2.05) is 7.05 Å². The molecule has 19 heavy (non-hydrogen) atoms. The van der Waals surface area contributed by atoms with E-state index in [9.17, 15) is 14.7 Å². The fraction of sp³-hybridized carbons (Fsp3) is 0.833. The third kappa shape index (κ3) is 4.36. The van der Waals surface area contributed by atoms with Crippen LogP contribution in [0.2, 0.25) is 0 Å². The van der Waals surface area contributed by atoms with E-state index in [4.69, 9.17) is 5.11 Å². The van der Waals surface area contributed by atoms with Gasteiger partial charge in [0.1, 0.15) is 0 Å². The van der Waals surface area contributed by atoms with Gasteiger partial charge in [-0.3, -0.25) is 0 Å². The zero-order chi connectivity index (χ0) is 14.6. The summed E-state index contributed by atoms with van der Waals surface area (Å²) in [6.45, 7) is 3.18. The molecule has 0 bridgehead atoms. The lowest BCUT2D eigenvalue weighted by Crippen LogP contribution is -2.54. The van der Waals surface area contributed by atoms with Crippen LogP contribution in [0.15, 0.2) is 0 Å². The van der Waals surface area contributed by atoms with E-state index >= 15 is 0 Å². The number of piperidine rings is 1. The molecule has 0 aromatic rings. The minimum absolute atomic E-state index is 0.111. The summed E-state index contributed by atoms with van der Waals surface area (Å²) in [6, 6.07) is -1.62. The first-order chi connectivity index (χ1) is 8.82. The molecule has 1 saturated heterocycles. The number of carbonyl (C=O) groups excluding carboxylic acids is 1. The van der Waals surface area contributed by atoms with Crippen molar-refractivity contribution in [2.45, 2.75) is 38.0 Å². The van der Waals surface area contributed by atoms with Crippen molar-refractivity contribution in [3.63, 3.8) is 0 Å². The SMILES string of the molecule is CC(O)C(NC(=O)N(C)C1CCN(C)CC1)C(=O)O. The minimum atomic E-state index is -1.28. The molecule has 0 aliphatic carbocycles. The molecule has 1 heterocycles. The molecule has 1 rings (SSSR count). The summed E-state index contributed by atoms with van der Waals surface area (Å²) in [6.07, 6.45) is 0.604. The van der Waals surface area contributed by atoms with Gasteiger partial charge in [-0.2, -0.15) is 0 Å². The van der Waals surface area contributed by atoms with Crippen LogP contribution in [0.25, 0.3) is 0 Å². The summed E-state index contributed by atoms with van der Waals surface area (Å²) in [7, 11) is 3.69. The van der Waals surface area contributed by atoms with E-state index in [1.165, 1.54) is 11.8 Å². The van der Waals surface area contributed by atoms with Crippen LogP contribution in [-0.4, -0.2) is 77.4 Å². The number of likely N-dealkylation sites (tertiary alicyclic amines) is 1. The first kappa shape index (κ1) is 15.7. The van der Waals surface area contributed by atoms with Crippen molar-refractivity contribution in [3.05, 3.63) is 0 Å². The Bertz CT molecular complexity index is 327. The second kappa shape index (κ2) is 6.72. The van der Waals surface area contributed by atoms with Crippen molar-refractivity contribution in [1.29, 1.82) is 0 Å². The van der Waals surface area contributed by atoms with E-state index in [0.717, 1.165) is 25.9 Å². The topological polar surface area (TPSA) is 93.1 Å². The normalized spacial score (nSPS) is 20.6. The number of urea groups is 1. The molecular formula is C12H23N3O4. The number of aliphatic carboxylic acids is 1. The van der Waals surface area contributed by atoms with Crippen molar-refractivity contribution in [2.75, 3.05) is 27.2 Å². The first-order valence-corrected chi connectivity index (χ1v) is 6.45. The molecule has 2 atom stereocenters. The Morgan fingerprint density at radius 3 is 2.32 bits per heavy atom. The Hall–Kier alpha value is -1.34. The summed E-state index contributed by atoms with van der Waals surface area (Å²) in [5.74, 6) is -1.24. The number of hydrogen-bond donors (Lipinski definition) is 3. The lowest BCUT2D eigenvalue weighted by atomic mass is 10.0. The van der Waals surface area contributed by atoms with Crippen LogP contribution in [0.5, 0.6) is 0 Å². The van der Waals surface area contributed by atoms with E-state index in [-0.39, 0.29) is 6.04 Å². The molecule has 0 aromatic carbocycles. The molecule has 1 fully saturated rings. The second-order valence-corrected chi connectivity index (χ2v) is 5.15. The predicted octanol–water partition coefficient (Wildman–Crippen LogP) is -0.444. The molecular weight excluding hydrogens is 250 g/mol. The van der Waals surface area contributed by atoms with Gasteiger partial charge in [-0.05, 0) is 39.9 Å². The standard InChI is InChI=1S/C12H23N3O4/c1-8(16)10(11(17)18)13-12(19)15(3)9-4-6-14(2)7-5-9/h8-10,16H,4-7H2,1-3H3,(H,13,19)(H,17,18). The number of nitrogens with zero attached hydrogens (tertiary/aromatic N) is 2. The molecule has 0 spiro atoms. The summed E-state index contributed by atoms with van der Waals surface area (Å²) in [5.41, 5.74) is 0. The fourth-order valence-corrected chi connectivity index (χ4v) is 2.17. The van der Waals surface area contributed by atoms with Gasteiger partial charge in [-0.15, -0.1) is 0 Å². The molecule has 2 unspecified atom stereocenters. The van der Waals surface area contributed by atoms with Crippen LogP contribution in [0.1, 0.15) is 19.8 Å². The molecule has 7 nitrogen and oxygen atoms in total. The maximum absolute atomic E-state index is 12.0. The Morgan fingerprint density at radius 1 is 1.37 bits per heavy atom. The summed E-state index contributed by atoms with van der Waals surface area (Å²) in [5, 5.41) is 20.6. The predicted molar refractivity (Wildman–Crippen MR) is 69.9 cm³/mol. The third-order valence-electron chi connectivity index (χ3n) is 3.58. The van der Waals surface area contributed by atoms with E-state index in [0.29, 0.717) is 0 Å². The van der Waals surface area contributed by atoms with Gasteiger partial charge in [0.25, 0.3) is 0 Å². The maximum Gasteiger partial charge on any atom is 0.328 e. The summed E-state index contributed by atoms with van der Waals surface area (Å²) >= 11 is 0. The second-order valence-electron chi connectivity index (χ2n) is 5.15. The number of aliphatic hydroxyl groups excluding tert-OH is 1. The molecule has 0 radical (unpaired) electrons. The van der Waals surface area contributed by atoms with Gasteiger partial charge in [0, 0.05) is 13.1 Å².